The van der Waals surface area contributed by atoms with Gasteiger partial charge >= 0.3 is 0 Å². The summed E-state index contributed by atoms with van der Waals surface area (Å²) in [4.78, 5) is 23.3. The highest BCUT2D eigenvalue weighted by Crippen LogP contribution is 2.27. The van der Waals surface area contributed by atoms with Gasteiger partial charge in [0.1, 0.15) is 5.75 Å². The van der Waals surface area contributed by atoms with Crippen molar-refractivity contribution in [2.24, 2.45) is 0 Å². The summed E-state index contributed by atoms with van der Waals surface area (Å²) in [5, 5.41) is 0. The van der Waals surface area contributed by atoms with Gasteiger partial charge in [-0.15, -0.1) is 0 Å². The Hall–Kier alpha value is -2.63. The standard InChI is InChI=1S/C20H28N4O2/c1-6-13(4)26-16-11-9-15(10-12-16)18-17(14(5)22-20(21)23-18)19(25)24(7-2)8-3/h9-13H,6-8H2,1-5H3,(H2,21,22,23). The molecule has 2 aromatic rings. The zero-order valence-electron chi connectivity index (χ0n) is 16.2. The van der Waals surface area contributed by atoms with Crippen LogP contribution in [-0.2, 0) is 0 Å². The molecule has 6 heteroatoms. The third kappa shape index (κ3) is 4.31. The van der Waals surface area contributed by atoms with E-state index >= 15 is 0 Å². The van der Waals surface area contributed by atoms with Crippen molar-refractivity contribution in [2.75, 3.05) is 18.8 Å². The van der Waals surface area contributed by atoms with Crippen LogP contribution in [0, 0.1) is 6.92 Å². The fourth-order valence-electron chi connectivity index (χ4n) is 2.74. The van der Waals surface area contributed by atoms with Gasteiger partial charge in [0.05, 0.1) is 23.1 Å². The molecule has 0 bridgehead atoms. The Morgan fingerprint density at radius 3 is 2.31 bits per heavy atom. The first-order valence-corrected chi connectivity index (χ1v) is 9.11. The van der Waals surface area contributed by atoms with Gasteiger partial charge < -0.3 is 15.4 Å². The van der Waals surface area contributed by atoms with Crippen LogP contribution < -0.4 is 10.5 Å². The Bertz CT molecular complexity index is 755. The second kappa shape index (κ2) is 8.65. The first-order chi connectivity index (χ1) is 12.4. The summed E-state index contributed by atoms with van der Waals surface area (Å²) in [7, 11) is 0. The lowest BCUT2D eigenvalue weighted by Gasteiger charge is -2.21. The van der Waals surface area contributed by atoms with Crippen LogP contribution in [0.1, 0.15) is 50.2 Å². The lowest BCUT2D eigenvalue weighted by molar-refractivity contribution is 0.0772. The van der Waals surface area contributed by atoms with Crippen molar-refractivity contribution in [1.82, 2.24) is 14.9 Å². The van der Waals surface area contributed by atoms with Gasteiger partial charge in [-0.2, -0.15) is 0 Å². The van der Waals surface area contributed by atoms with Crippen molar-refractivity contribution in [1.29, 1.82) is 0 Å². The quantitative estimate of drug-likeness (QED) is 0.818. The molecular weight excluding hydrogens is 328 g/mol. The molecule has 140 valence electrons. The molecule has 1 unspecified atom stereocenters. The normalized spacial score (nSPS) is 11.9. The summed E-state index contributed by atoms with van der Waals surface area (Å²) in [6, 6.07) is 7.58. The largest absolute Gasteiger partial charge is 0.491 e. The van der Waals surface area contributed by atoms with Crippen LogP contribution in [0.5, 0.6) is 5.75 Å². The topological polar surface area (TPSA) is 81.3 Å². The average molecular weight is 356 g/mol. The maximum Gasteiger partial charge on any atom is 0.257 e. The summed E-state index contributed by atoms with van der Waals surface area (Å²) in [6.07, 6.45) is 1.09. The number of anilines is 1. The molecule has 1 aromatic carbocycles. The van der Waals surface area contributed by atoms with E-state index in [0.29, 0.717) is 30.0 Å². The van der Waals surface area contributed by atoms with Gasteiger partial charge in [0.15, 0.2) is 0 Å². The molecule has 2 N–H and O–H groups in total. The van der Waals surface area contributed by atoms with E-state index in [9.17, 15) is 4.79 Å². The van der Waals surface area contributed by atoms with Crippen LogP contribution in [0.15, 0.2) is 24.3 Å². The average Bonchev–Trinajstić information content (AvgIpc) is 2.62. The van der Waals surface area contributed by atoms with Gasteiger partial charge in [-0.05, 0) is 58.4 Å². The van der Waals surface area contributed by atoms with Gasteiger partial charge in [-0.25, -0.2) is 9.97 Å². The first-order valence-electron chi connectivity index (χ1n) is 9.11. The number of ether oxygens (including phenoxy) is 1. The highest BCUT2D eigenvalue weighted by Gasteiger charge is 2.23. The van der Waals surface area contributed by atoms with E-state index in [1.54, 1.807) is 11.8 Å². The van der Waals surface area contributed by atoms with Crippen molar-refractivity contribution in [3.05, 3.63) is 35.5 Å². The third-order valence-electron chi connectivity index (χ3n) is 4.41. The van der Waals surface area contributed by atoms with Crippen LogP contribution in [0.2, 0.25) is 0 Å². The maximum absolute atomic E-state index is 13.0. The third-order valence-corrected chi connectivity index (χ3v) is 4.41. The molecule has 1 amide bonds. The van der Waals surface area contributed by atoms with E-state index in [1.807, 2.05) is 45.0 Å². The Morgan fingerprint density at radius 1 is 1.15 bits per heavy atom. The highest BCUT2D eigenvalue weighted by atomic mass is 16.5. The molecular formula is C20H28N4O2. The molecule has 0 fully saturated rings. The Morgan fingerprint density at radius 2 is 1.77 bits per heavy atom. The number of carbonyl (C=O) groups is 1. The second-order valence-electron chi connectivity index (χ2n) is 6.23. The first kappa shape index (κ1) is 19.7. The van der Waals surface area contributed by atoms with E-state index in [-0.39, 0.29) is 18.0 Å². The molecule has 1 aromatic heterocycles. The summed E-state index contributed by atoms with van der Waals surface area (Å²) in [5.74, 6) is 0.870. The number of hydrogen-bond donors (Lipinski definition) is 1. The van der Waals surface area contributed by atoms with Crippen LogP contribution in [-0.4, -0.2) is 40.0 Å². The summed E-state index contributed by atoms with van der Waals surface area (Å²) in [6.45, 7) is 11.1. The maximum atomic E-state index is 13.0. The second-order valence-corrected chi connectivity index (χ2v) is 6.23. The summed E-state index contributed by atoms with van der Waals surface area (Å²) >= 11 is 0. The highest BCUT2D eigenvalue weighted by molar-refractivity contribution is 6.01. The number of nitrogen functional groups attached to an aromatic ring is 1. The predicted molar refractivity (Wildman–Crippen MR) is 104 cm³/mol. The number of nitrogens with zero attached hydrogens (tertiary/aromatic N) is 3. The number of benzene rings is 1. The molecule has 1 heterocycles. The molecule has 0 aliphatic carbocycles. The van der Waals surface area contributed by atoms with E-state index in [0.717, 1.165) is 17.7 Å². The monoisotopic (exact) mass is 356 g/mol. The van der Waals surface area contributed by atoms with E-state index < -0.39 is 0 Å². The van der Waals surface area contributed by atoms with Crippen molar-refractivity contribution in [3.63, 3.8) is 0 Å². The lowest BCUT2D eigenvalue weighted by Crippen LogP contribution is -2.32. The Kier molecular flexibility index (Phi) is 6.55. The minimum atomic E-state index is -0.0811. The zero-order valence-corrected chi connectivity index (χ0v) is 16.2. The number of aromatic nitrogens is 2. The summed E-state index contributed by atoms with van der Waals surface area (Å²) < 4.78 is 5.82. The van der Waals surface area contributed by atoms with Crippen molar-refractivity contribution in [3.8, 4) is 17.0 Å². The van der Waals surface area contributed by atoms with Gasteiger partial charge in [-0.1, -0.05) is 6.92 Å². The molecule has 0 aliphatic rings. The van der Waals surface area contributed by atoms with Gasteiger partial charge in [0.2, 0.25) is 5.95 Å². The molecule has 2 rings (SSSR count). The van der Waals surface area contributed by atoms with Gasteiger partial charge in [0.25, 0.3) is 5.91 Å². The molecule has 0 radical (unpaired) electrons. The van der Waals surface area contributed by atoms with Crippen LogP contribution in [0.25, 0.3) is 11.3 Å². The van der Waals surface area contributed by atoms with Crippen LogP contribution in [0.4, 0.5) is 5.95 Å². The minimum Gasteiger partial charge on any atom is -0.491 e. The number of carbonyl (C=O) groups excluding carboxylic acids is 1. The molecule has 26 heavy (non-hydrogen) atoms. The molecule has 1 atom stereocenters. The predicted octanol–water partition coefficient (Wildman–Crippen LogP) is 3.69. The molecule has 0 spiro atoms. The fraction of sp³-hybridized carbons (Fsp3) is 0.450. The molecule has 0 saturated heterocycles. The van der Waals surface area contributed by atoms with Crippen molar-refractivity contribution in [2.45, 2.75) is 47.1 Å². The van der Waals surface area contributed by atoms with Gasteiger partial charge in [-0.3, -0.25) is 4.79 Å². The minimum absolute atomic E-state index is 0.0811. The SMILES string of the molecule is CCC(C)Oc1ccc(-c2nc(N)nc(C)c2C(=O)N(CC)CC)cc1. The smallest absolute Gasteiger partial charge is 0.257 e. The number of nitrogens with two attached hydrogens (primary N) is 1. The van der Waals surface area contributed by atoms with E-state index in [1.165, 1.54) is 0 Å². The Balaban J connectivity index is 2.47. The molecule has 0 saturated carbocycles. The zero-order chi connectivity index (χ0) is 19.3. The molecule has 6 nitrogen and oxygen atoms in total. The van der Waals surface area contributed by atoms with Crippen molar-refractivity contribution < 1.29 is 9.53 Å². The van der Waals surface area contributed by atoms with E-state index in [4.69, 9.17) is 10.5 Å². The van der Waals surface area contributed by atoms with Crippen LogP contribution >= 0.6 is 0 Å². The number of rotatable bonds is 7. The van der Waals surface area contributed by atoms with Gasteiger partial charge in [0, 0.05) is 18.7 Å². The molecule has 0 aliphatic heterocycles. The number of aryl methyl sites for hydroxylation is 1. The van der Waals surface area contributed by atoms with Crippen molar-refractivity contribution >= 4 is 11.9 Å². The lowest BCUT2D eigenvalue weighted by atomic mass is 10.0. The van der Waals surface area contributed by atoms with E-state index in [2.05, 4.69) is 16.9 Å². The Labute approximate surface area is 155 Å². The number of amides is 1. The van der Waals surface area contributed by atoms with Crippen LogP contribution in [0.3, 0.4) is 0 Å². The fourth-order valence-corrected chi connectivity index (χ4v) is 2.74. The number of hydrogen-bond acceptors (Lipinski definition) is 5. The summed E-state index contributed by atoms with van der Waals surface area (Å²) in [5.41, 5.74) is 8.31.